The molecule has 1 aromatic rings. The lowest BCUT2D eigenvalue weighted by molar-refractivity contribution is -0.137. The van der Waals surface area contributed by atoms with Crippen LogP contribution in [0.25, 0.3) is 0 Å². The van der Waals surface area contributed by atoms with Gasteiger partial charge in [0.15, 0.2) is 5.78 Å². The fourth-order valence-electron chi connectivity index (χ4n) is 1.83. The maximum atomic E-state index is 12.1. The third-order valence-corrected chi connectivity index (χ3v) is 2.77. The van der Waals surface area contributed by atoms with Crippen molar-refractivity contribution in [3.05, 3.63) is 23.8 Å². The van der Waals surface area contributed by atoms with Crippen molar-refractivity contribution in [3.63, 3.8) is 0 Å². The summed E-state index contributed by atoms with van der Waals surface area (Å²) in [4.78, 5) is 22.7. The maximum Gasteiger partial charge on any atom is 0.303 e. The number of carbonyl (C=O) groups excluding carboxylic acids is 1. The topological polar surface area (TPSA) is 72.8 Å². The van der Waals surface area contributed by atoms with Gasteiger partial charge in [0, 0.05) is 18.9 Å². The standard InChI is InChI=1S/C14H18O5/c1-9(7-14(16)17)6-12(15)11-5-4-10(18-2)8-13(11)19-3/h4-5,8-9H,6-7H2,1-3H3,(H,16,17). The highest BCUT2D eigenvalue weighted by Crippen LogP contribution is 2.26. The minimum Gasteiger partial charge on any atom is -0.497 e. The van der Waals surface area contributed by atoms with Crippen LogP contribution in [0.1, 0.15) is 30.1 Å². The lowest BCUT2D eigenvalue weighted by Crippen LogP contribution is -2.11. The molecule has 0 heterocycles. The van der Waals surface area contributed by atoms with E-state index in [1.807, 2.05) is 0 Å². The van der Waals surface area contributed by atoms with Gasteiger partial charge in [0.05, 0.1) is 19.8 Å². The van der Waals surface area contributed by atoms with Crippen LogP contribution in [0.3, 0.4) is 0 Å². The fraction of sp³-hybridized carbons (Fsp3) is 0.429. The van der Waals surface area contributed by atoms with Gasteiger partial charge in [-0.3, -0.25) is 9.59 Å². The number of carboxylic acids is 1. The summed E-state index contributed by atoms with van der Waals surface area (Å²) in [6, 6.07) is 4.94. The minimum atomic E-state index is -0.901. The molecule has 0 aliphatic carbocycles. The van der Waals surface area contributed by atoms with Crippen LogP contribution in [0, 0.1) is 5.92 Å². The molecule has 19 heavy (non-hydrogen) atoms. The fourth-order valence-corrected chi connectivity index (χ4v) is 1.83. The van der Waals surface area contributed by atoms with Gasteiger partial charge in [0.25, 0.3) is 0 Å². The van der Waals surface area contributed by atoms with E-state index < -0.39 is 5.97 Å². The molecule has 0 fully saturated rings. The number of carboxylic acid groups (broad SMARTS) is 1. The van der Waals surface area contributed by atoms with Crippen LogP contribution in [0.2, 0.25) is 0 Å². The van der Waals surface area contributed by atoms with Crippen LogP contribution < -0.4 is 9.47 Å². The van der Waals surface area contributed by atoms with Crippen molar-refractivity contribution in [1.29, 1.82) is 0 Å². The Labute approximate surface area is 112 Å². The van der Waals surface area contributed by atoms with Gasteiger partial charge < -0.3 is 14.6 Å². The normalized spacial score (nSPS) is 11.7. The zero-order valence-electron chi connectivity index (χ0n) is 11.3. The zero-order chi connectivity index (χ0) is 14.4. The van der Waals surface area contributed by atoms with Crippen molar-refractivity contribution in [3.8, 4) is 11.5 Å². The second-order valence-electron chi connectivity index (χ2n) is 4.40. The number of rotatable bonds is 7. The molecule has 1 rings (SSSR count). The van der Waals surface area contributed by atoms with E-state index in [1.54, 1.807) is 25.1 Å². The quantitative estimate of drug-likeness (QED) is 0.767. The van der Waals surface area contributed by atoms with E-state index in [2.05, 4.69) is 0 Å². The van der Waals surface area contributed by atoms with Crippen LogP contribution in [0.4, 0.5) is 0 Å². The van der Waals surface area contributed by atoms with Gasteiger partial charge in [-0.2, -0.15) is 0 Å². The predicted octanol–water partition coefficient (Wildman–Crippen LogP) is 2.39. The number of ketones is 1. The Morgan fingerprint density at radius 1 is 1.21 bits per heavy atom. The number of hydrogen-bond acceptors (Lipinski definition) is 4. The van der Waals surface area contributed by atoms with Crippen molar-refractivity contribution in [2.75, 3.05) is 14.2 Å². The summed E-state index contributed by atoms with van der Waals surface area (Å²) in [7, 11) is 3.01. The van der Waals surface area contributed by atoms with Gasteiger partial charge in [-0.25, -0.2) is 0 Å². The molecule has 0 aromatic heterocycles. The SMILES string of the molecule is COc1ccc(C(=O)CC(C)CC(=O)O)c(OC)c1. The number of Topliss-reactive ketones (excluding diaryl/α,β-unsaturated/α-hetero) is 1. The number of carbonyl (C=O) groups is 2. The van der Waals surface area contributed by atoms with E-state index in [1.165, 1.54) is 14.2 Å². The van der Waals surface area contributed by atoms with E-state index in [0.29, 0.717) is 17.1 Å². The summed E-state index contributed by atoms with van der Waals surface area (Å²) in [6.07, 6.45) is 0.152. The molecular weight excluding hydrogens is 248 g/mol. The van der Waals surface area contributed by atoms with Gasteiger partial charge >= 0.3 is 5.97 Å². The second-order valence-corrected chi connectivity index (χ2v) is 4.40. The Morgan fingerprint density at radius 3 is 2.42 bits per heavy atom. The van der Waals surface area contributed by atoms with Crippen LogP contribution in [-0.4, -0.2) is 31.1 Å². The summed E-state index contributed by atoms with van der Waals surface area (Å²) in [5.74, 6) is -0.203. The van der Waals surface area contributed by atoms with Gasteiger partial charge in [-0.15, -0.1) is 0 Å². The molecular formula is C14H18O5. The molecule has 0 spiro atoms. The average Bonchev–Trinajstić information content (AvgIpc) is 2.36. The average molecular weight is 266 g/mol. The van der Waals surface area contributed by atoms with Crippen molar-refractivity contribution < 1.29 is 24.2 Å². The lowest BCUT2D eigenvalue weighted by Gasteiger charge is -2.11. The lowest BCUT2D eigenvalue weighted by atomic mass is 9.96. The van der Waals surface area contributed by atoms with Crippen LogP contribution in [0.5, 0.6) is 11.5 Å². The molecule has 0 amide bonds. The Kier molecular flexibility index (Phi) is 5.36. The van der Waals surface area contributed by atoms with Gasteiger partial charge in [-0.05, 0) is 18.1 Å². The predicted molar refractivity (Wildman–Crippen MR) is 69.9 cm³/mol. The largest absolute Gasteiger partial charge is 0.497 e. The number of hydrogen-bond donors (Lipinski definition) is 1. The zero-order valence-corrected chi connectivity index (χ0v) is 11.3. The van der Waals surface area contributed by atoms with Crippen LogP contribution in [-0.2, 0) is 4.79 Å². The Morgan fingerprint density at radius 2 is 1.89 bits per heavy atom. The highest BCUT2D eigenvalue weighted by atomic mass is 16.5. The summed E-state index contributed by atoms with van der Waals surface area (Å²) in [5.41, 5.74) is 0.445. The third-order valence-electron chi connectivity index (χ3n) is 2.77. The summed E-state index contributed by atoms with van der Waals surface area (Å²) in [6.45, 7) is 1.74. The highest BCUT2D eigenvalue weighted by molar-refractivity contribution is 5.99. The van der Waals surface area contributed by atoms with Gasteiger partial charge in [0.1, 0.15) is 11.5 Å². The van der Waals surface area contributed by atoms with Crippen molar-refractivity contribution in [1.82, 2.24) is 0 Å². The first-order chi connectivity index (χ1) is 8.97. The Hall–Kier alpha value is -2.04. The molecule has 5 nitrogen and oxygen atoms in total. The molecule has 1 aromatic carbocycles. The van der Waals surface area contributed by atoms with E-state index in [4.69, 9.17) is 14.6 Å². The molecule has 0 radical (unpaired) electrons. The number of benzene rings is 1. The number of methoxy groups -OCH3 is 2. The van der Waals surface area contributed by atoms with Gasteiger partial charge in [0.2, 0.25) is 0 Å². The molecule has 1 N–H and O–H groups in total. The number of ether oxygens (including phenoxy) is 2. The minimum absolute atomic E-state index is 0.0236. The monoisotopic (exact) mass is 266 g/mol. The maximum absolute atomic E-state index is 12.1. The molecule has 0 saturated heterocycles. The molecule has 104 valence electrons. The van der Waals surface area contributed by atoms with Crippen LogP contribution >= 0.6 is 0 Å². The molecule has 0 saturated carbocycles. The summed E-state index contributed by atoms with van der Waals surface area (Å²) >= 11 is 0. The smallest absolute Gasteiger partial charge is 0.303 e. The first kappa shape index (κ1) is 15.0. The molecule has 1 atom stereocenters. The van der Waals surface area contributed by atoms with Gasteiger partial charge in [-0.1, -0.05) is 6.92 Å². The van der Waals surface area contributed by atoms with Crippen LogP contribution in [0.15, 0.2) is 18.2 Å². The third kappa shape index (κ3) is 4.28. The van der Waals surface area contributed by atoms with E-state index >= 15 is 0 Å². The Bertz CT molecular complexity index is 467. The molecule has 1 unspecified atom stereocenters. The molecule has 5 heteroatoms. The molecule has 0 aliphatic heterocycles. The van der Waals surface area contributed by atoms with Crippen molar-refractivity contribution >= 4 is 11.8 Å². The van der Waals surface area contributed by atoms with E-state index in [-0.39, 0.29) is 24.5 Å². The van der Waals surface area contributed by atoms with Crippen molar-refractivity contribution in [2.24, 2.45) is 5.92 Å². The molecule has 0 bridgehead atoms. The first-order valence-electron chi connectivity index (χ1n) is 5.95. The molecule has 0 aliphatic rings. The summed E-state index contributed by atoms with van der Waals surface area (Å²) in [5, 5.41) is 8.68. The second kappa shape index (κ2) is 6.78. The van der Waals surface area contributed by atoms with Crippen molar-refractivity contribution in [2.45, 2.75) is 19.8 Å². The highest BCUT2D eigenvalue weighted by Gasteiger charge is 2.17. The van der Waals surface area contributed by atoms with E-state index in [0.717, 1.165) is 0 Å². The Balaban J connectivity index is 2.84. The number of aliphatic carboxylic acids is 1. The summed E-state index contributed by atoms with van der Waals surface area (Å²) < 4.78 is 10.2. The van der Waals surface area contributed by atoms with E-state index in [9.17, 15) is 9.59 Å². The first-order valence-corrected chi connectivity index (χ1v) is 5.95.